The molecule has 0 spiro atoms. The first-order valence-electron chi connectivity index (χ1n) is 4.96. The Bertz CT molecular complexity index is 443. The molecule has 1 saturated heterocycles. The van der Waals surface area contributed by atoms with Gasteiger partial charge in [-0.25, -0.2) is 21.6 Å². The van der Waals surface area contributed by atoms with Crippen LogP contribution in [0.5, 0.6) is 0 Å². The lowest BCUT2D eigenvalue weighted by Gasteiger charge is -2.15. The maximum absolute atomic E-state index is 11.6. The third-order valence-electron chi connectivity index (χ3n) is 2.17. The SMILES string of the molecule is CC(C)CS(=O)(=O)NC1CS(=O)(=O)CC1Cl. The van der Waals surface area contributed by atoms with E-state index in [0.717, 1.165) is 0 Å². The van der Waals surface area contributed by atoms with Crippen molar-refractivity contribution in [3.05, 3.63) is 0 Å². The first-order valence-corrected chi connectivity index (χ1v) is 8.87. The molecule has 2 atom stereocenters. The number of hydrogen-bond acceptors (Lipinski definition) is 4. The van der Waals surface area contributed by atoms with Crippen molar-refractivity contribution in [2.45, 2.75) is 25.3 Å². The van der Waals surface area contributed by atoms with Crippen LogP contribution in [-0.4, -0.2) is 45.5 Å². The molecule has 8 heteroatoms. The Morgan fingerprint density at radius 3 is 2.31 bits per heavy atom. The molecule has 0 bridgehead atoms. The fourth-order valence-corrected chi connectivity index (χ4v) is 6.04. The molecule has 0 aliphatic carbocycles. The maximum Gasteiger partial charge on any atom is 0.212 e. The molecule has 0 aromatic heterocycles. The molecular weight excluding hydrogens is 274 g/mol. The van der Waals surface area contributed by atoms with Gasteiger partial charge in [0, 0.05) is 0 Å². The van der Waals surface area contributed by atoms with Crippen molar-refractivity contribution >= 4 is 31.5 Å². The number of rotatable bonds is 4. The van der Waals surface area contributed by atoms with Crippen LogP contribution in [0.3, 0.4) is 0 Å². The number of halogens is 1. The van der Waals surface area contributed by atoms with E-state index in [0.29, 0.717) is 0 Å². The molecule has 1 rings (SSSR count). The van der Waals surface area contributed by atoms with Crippen LogP contribution in [0.1, 0.15) is 13.8 Å². The van der Waals surface area contributed by atoms with Crippen molar-refractivity contribution < 1.29 is 16.8 Å². The van der Waals surface area contributed by atoms with Crippen LogP contribution in [-0.2, 0) is 19.9 Å². The van der Waals surface area contributed by atoms with Crippen LogP contribution in [0.2, 0.25) is 0 Å². The van der Waals surface area contributed by atoms with Gasteiger partial charge in [0.1, 0.15) is 0 Å². The predicted molar refractivity (Wildman–Crippen MR) is 63.8 cm³/mol. The summed E-state index contributed by atoms with van der Waals surface area (Å²) in [5.74, 6) is -0.404. The lowest BCUT2D eigenvalue weighted by molar-refractivity contribution is 0.552. The van der Waals surface area contributed by atoms with Crippen LogP contribution in [0.15, 0.2) is 0 Å². The van der Waals surface area contributed by atoms with Crippen molar-refractivity contribution in [2.75, 3.05) is 17.3 Å². The second-order valence-corrected chi connectivity index (χ2v) is 9.01. The number of nitrogens with one attached hydrogen (secondary N) is 1. The molecule has 0 aromatic carbocycles. The summed E-state index contributed by atoms with van der Waals surface area (Å²) < 4.78 is 48.0. The number of sulfone groups is 1. The first-order chi connectivity index (χ1) is 7.11. The highest BCUT2D eigenvalue weighted by Gasteiger charge is 2.38. The Morgan fingerprint density at radius 2 is 1.94 bits per heavy atom. The van der Waals surface area contributed by atoms with Gasteiger partial charge < -0.3 is 0 Å². The molecule has 1 N–H and O–H groups in total. The average molecular weight is 290 g/mol. The minimum Gasteiger partial charge on any atom is -0.229 e. The Balaban J connectivity index is 2.69. The molecule has 16 heavy (non-hydrogen) atoms. The van der Waals surface area contributed by atoms with Gasteiger partial charge in [0.25, 0.3) is 0 Å². The van der Waals surface area contributed by atoms with E-state index in [1.54, 1.807) is 13.8 Å². The molecule has 5 nitrogen and oxygen atoms in total. The minimum absolute atomic E-state index is 0.00992. The second-order valence-electron chi connectivity index (χ2n) is 4.49. The highest BCUT2D eigenvalue weighted by atomic mass is 35.5. The molecule has 1 aliphatic heterocycles. The molecule has 0 saturated carbocycles. The van der Waals surface area contributed by atoms with Crippen molar-refractivity contribution in [3.63, 3.8) is 0 Å². The van der Waals surface area contributed by atoms with Gasteiger partial charge in [-0.1, -0.05) is 13.8 Å². The zero-order valence-electron chi connectivity index (χ0n) is 9.18. The van der Waals surface area contributed by atoms with E-state index in [9.17, 15) is 16.8 Å². The lowest BCUT2D eigenvalue weighted by atomic mass is 10.3. The predicted octanol–water partition coefficient (Wildman–Crippen LogP) is -0.0338. The third kappa shape index (κ3) is 4.20. The van der Waals surface area contributed by atoms with E-state index in [1.165, 1.54) is 0 Å². The fourth-order valence-electron chi connectivity index (χ4n) is 1.63. The Kier molecular flexibility index (Phi) is 4.26. The zero-order chi connectivity index (χ0) is 12.6. The smallest absolute Gasteiger partial charge is 0.212 e. The van der Waals surface area contributed by atoms with Gasteiger partial charge >= 0.3 is 0 Å². The van der Waals surface area contributed by atoms with Crippen LogP contribution in [0.25, 0.3) is 0 Å². The summed E-state index contributed by atoms with van der Waals surface area (Å²) in [5.41, 5.74) is 0. The van der Waals surface area contributed by atoms with Crippen LogP contribution >= 0.6 is 11.6 Å². The summed E-state index contributed by atoms with van der Waals surface area (Å²) in [6, 6.07) is -0.699. The topological polar surface area (TPSA) is 80.3 Å². The average Bonchev–Trinajstić information content (AvgIpc) is 2.19. The highest BCUT2D eigenvalue weighted by Crippen LogP contribution is 2.19. The standard InChI is InChI=1S/C8H16ClNO4S2/c1-6(2)3-16(13,14)10-8-5-15(11,12)4-7(8)9/h6-8,10H,3-5H2,1-2H3. The van der Waals surface area contributed by atoms with E-state index in [2.05, 4.69) is 4.72 Å². The van der Waals surface area contributed by atoms with Gasteiger partial charge in [-0.2, -0.15) is 0 Å². The molecule has 0 radical (unpaired) electrons. The molecule has 2 unspecified atom stereocenters. The Labute approximate surface area is 102 Å². The number of hydrogen-bond donors (Lipinski definition) is 1. The molecule has 1 aliphatic rings. The fraction of sp³-hybridized carbons (Fsp3) is 1.00. The first kappa shape index (κ1) is 14.2. The molecular formula is C8H16ClNO4S2. The van der Waals surface area contributed by atoms with Gasteiger partial charge in [-0.15, -0.1) is 11.6 Å². The quantitative estimate of drug-likeness (QED) is 0.737. The van der Waals surface area contributed by atoms with E-state index in [4.69, 9.17) is 11.6 Å². The van der Waals surface area contributed by atoms with Gasteiger partial charge in [0.15, 0.2) is 9.84 Å². The van der Waals surface area contributed by atoms with Gasteiger partial charge in [0.2, 0.25) is 10.0 Å². The Morgan fingerprint density at radius 1 is 1.38 bits per heavy atom. The van der Waals surface area contributed by atoms with E-state index < -0.39 is 31.3 Å². The molecule has 96 valence electrons. The molecule has 1 heterocycles. The third-order valence-corrected chi connectivity index (χ3v) is 6.31. The second kappa shape index (κ2) is 4.80. The monoisotopic (exact) mass is 289 g/mol. The summed E-state index contributed by atoms with van der Waals surface area (Å²) in [7, 11) is -6.65. The molecule has 0 aromatic rings. The number of sulfonamides is 1. The maximum atomic E-state index is 11.6. The van der Waals surface area contributed by atoms with Gasteiger partial charge in [0.05, 0.1) is 28.7 Å². The van der Waals surface area contributed by atoms with E-state index in [1.807, 2.05) is 0 Å². The lowest BCUT2D eigenvalue weighted by Crippen LogP contribution is -2.42. The van der Waals surface area contributed by atoms with Gasteiger partial charge in [-0.3, -0.25) is 0 Å². The molecule has 0 amide bonds. The van der Waals surface area contributed by atoms with Crippen molar-refractivity contribution in [2.24, 2.45) is 5.92 Å². The van der Waals surface area contributed by atoms with Crippen LogP contribution < -0.4 is 4.72 Å². The summed E-state index contributed by atoms with van der Waals surface area (Å²) >= 11 is 5.80. The van der Waals surface area contributed by atoms with Crippen molar-refractivity contribution in [1.82, 2.24) is 4.72 Å². The van der Waals surface area contributed by atoms with Crippen molar-refractivity contribution in [1.29, 1.82) is 0 Å². The molecule has 1 fully saturated rings. The van der Waals surface area contributed by atoms with Crippen LogP contribution in [0.4, 0.5) is 0 Å². The Hall–Kier alpha value is 0.150. The summed E-state index contributed by atoms with van der Waals surface area (Å²) in [5, 5.41) is -0.674. The van der Waals surface area contributed by atoms with Gasteiger partial charge in [-0.05, 0) is 5.92 Å². The minimum atomic E-state index is -3.45. The summed E-state index contributed by atoms with van der Waals surface area (Å²) in [6.07, 6.45) is 0. The van der Waals surface area contributed by atoms with E-state index >= 15 is 0 Å². The van der Waals surface area contributed by atoms with Crippen molar-refractivity contribution in [3.8, 4) is 0 Å². The van der Waals surface area contributed by atoms with E-state index in [-0.39, 0.29) is 23.2 Å². The number of alkyl halides is 1. The van der Waals surface area contributed by atoms with Crippen LogP contribution in [0, 0.1) is 5.92 Å². The normalized spacial score (nSPS) is 29.8. The summed E-state index contributed by atoms with van der Waals surface area (Å²) in [6.45, 7) is 3.56. The largest absolute Gasteiger partial charge is 0.229 e. The highest BCUT2D eigenvalue weighted by molar-refractivity contribution is 7.92. The summed E-state index contributed by atoms with van der Waals surface area (Å²) in [4.78, 5) is 0. The zero-order valence-corrected chi connectivity index (χ0v) is 11.6.